The zero-order valence-electron chi connectivity index (χ0n) is 12.4. The number of anilines is 1. The monoisotopic (exact) mass is 318 g/mol. The van der Waals surface area contributed by atoms with Crippen molar-refractivity contribution < 1.29 is 19.2 Å². The highest BCUT2D eigenvalue weighted by atomic mass is 16.6. The van der Waals surface area contributed by atoms with Gasteiger partial charge in [-0.25, -0.2) is 4.98 Å². The Labute approximate surface area is 131 Å². The van der Waals surface area contributed by atoms with Gasteiger partial charge in [-0.2, -0.15) is 0 Å². The summed E-state index contributed by atoms with van der Waals surface area (Å²) in [5, 5.41) is 10.6. The number of pyridine rings is 1. The molecular weight excluding hydrogens is 304 g/mol. The van der Waals surface area contributed by atoms with E-state index in [1.165, 1.54) is 26.4 Å². The molecule has 0 atom stereocenters. The topological polar surface area (TPSA) is 116 Å². The third kappa shape index (κ3) is 3.64. The molecule has 0 fully saturated rings. The van der Waals surface area contributed by atoms with E-state index >= 15 is 0 Å². The summed E-state index contributed by atoms with van der Waals surface area (Å²) in [7, 11) is 2.88. The molecule has 2 N–H and O–H groups in total. The van der Waals surface area contributed by atoms with Crippen molar-refractivity contribution in [2.45, 2.75) is 0 Å². The summed E-state index contributed by atoms with van der Waals surface area (Å²) >= 11 is 0. The minimum Gasteiger partial charge on any atom is -0.496 e. The van der Waals surface area contributed by atoms with E-state index in [1.54, 1.807) is 18.2 Å². The molecule has 23 heavy (non-hydrogen) atoms. The average molecular weight is 318 g/mol. The van der Waals surface area contributed by atoms with Gasteiger partial charge in [-0.15, -0.1) is 0 Å². The van der Waals surface area contributed by atoms with Crippen molar-refractivity contribution in [3.63, 3.8) is 0 Å². The van der Waals surface area contributed by atoms with Crippen molar-refractivity contribution >= 4 is 17.4 Å². The van der Waals surface area contributed by atoms with E-state index < -0.39 is 10.8 Å². The largest absolute Gasteiger partial charge is 0.496 e. The molecule has 0 aliphatic heterocycles. The van der Waals surface area contributed by atoms with Crippen LogP contribution in [0.3, 0.4) is 0 Å². The fraction of sp³-hybridized carbons (Fsp3) is 0.143. The van der Waals surface area contributed by atoms with Crippen molar-refractivity contribution in [1.29, 1.82) is 0 Å². The Bertz CT molecular complexity index is 695. The Morgan fingerprint density at radius 1 is 1.17 bits per heavy atom. The van der Waals surface area contributed by atoms with Gasteiger partial charge < -0.3 is 9.47 Å². The molecular formula is C14H14N4O5. The van der Waals surface area contributed by atoms with Crippen molar-refractivity contribution in [3.05, 3.63) is 52.2 Å². The van der Waals surface area contributed by atoms with Crippen LogP contribution in [-0.2, 0) is 0 Å². The van der Waals surface area contributed by atoms with Crippen LogP contribution < -0.4 is 20.3 Å². The first-order chi connectivity index (χ1) is 11.1. The molecule has 1 aromatic carbocycles. The first kappa shape index (κ1) is 16.0. The van der Waals surface area contributed by atoms with Crippen LogP contribution in [0.25, 0.3) is 0 Å². The van der Waals surface area contributed by atoms with Crippen molar-refractivity contribution in [2.24, 2.45) is 0 Å². The summed E-state index contributed by atoms with van der Waals surface area (Å²) in [5.41, 5.74) is 5.07. The van der Waals surface area contributed by atoms with Gasteiger partial charge in [0, 0.05) is 6.07 Å². The molecule has 0 radical (unpaired) electrons. The van der Waals surface area contributed by atoms with E-state index in [1.807, 2.05) is 0 Å². The first-order valence-corrected chi connectivity index (χ1v) is 6.44. The van der Waals surface area contributed by atoms with E-state index in [-0.39, 0.29) is 17.1 Å². The minimum absolute atomic E-state index is 0.145. The Kier molecular flexibility index (Phi) is 4.92. The number of ether oxygens (including phenoxy) is 2. The Hall–Kier alpha value is -3.36. The van der Waals surface area contributed by atoms with E-state index in [9.17, 15) is 14.9 Å². The average Bonchev–Trinajstić information content (AvgIpc) is 2.59. The lowest BCUT2D eigenvalue weighted by Gasteiger charge is -2.13. The number of nitrogens with one attached hydrogen (secondary N) is 2. The number of methoxy groups -OCH3 is 2. The lowest BCUT2D eigenvalue weighted by atomic mass is 10.1. The van der Waals surface area contributed by atoms with Crippen LogP contribution in [0.1, 0.15) is 10.4 Å². The molecule has 0 spiro atoms. The molecule has 0 unspecified atom stereocenters. The molecule has 0 bridgehead atoms. The highest BCUT2D eigenvalue weighted by molar-refractivity contribution is 6.00. The number of carbonyl (C=O) groups excluding carboxylic acids is 1. The zero-order chi connectivity index (χ0) is 16.8. The summed E-state index contributed by atoms with van der Waals surface area (Å²) in [5.74, 6) is 0.442. The van der Waals surface area contributed by atoms with Crippen molar-refractivity contribution in [1.82, 2.24) is 10.4 Å². The Balaban J connectivity index is 2.12. The van der Waals surface area contributed by atoms with Gasteiger partial charge in [-0.1, -0.05) is 6.07 Å². The van der Waals surface area contributed by atoms with Crippen LogP contribution in [0.2, 0.25) is 0 Å². The van der Waals surface area contributed by atoms with Gasteiger partial charge in [0.05, 0.1) is 19.1 Å². The number of hydrazine groups is 1. The van der Waals surface area contributed by atoms with Crippen LogP contribution in [0.4, 0.5) is 11.5 Å². The number of amides is 1. The molecule has 9 nitrogen and oxygen atoms in total. The second-order valence-corrected chi connectivity index (χ2v) is 4.28. The molecule has 0 saturated heterocycles. The minimum atomic E-state index is -0.560. The van der Waals surface area contributed by atoms with Gasteiger partial charge >= 0.3 is 0 Å². The van der Waals surface area contributed by atoms with Crippen LogP contribution >= 0.6 is 0 Å². The lowest BCUT2D eigenvalue weighted by molar-refractivity contribution is -0.385. The predicted octanol–water partition coefficient (Wildman–Crippen LogP) is 1.76. The Morgan fingerprint density at radius 2 is 1.83 bits per heavy atom. The van der Waals surface area contributed by atoms with Crippen LogP contribution in [0.5, 0.6) is 11.5 Å². The molecule has 1 aromatic heterocycles. The maximum Gasteiger partial charge on any atom is 0.287 e. The Morgan fingerprint density at radius 3 is 2.30 bits per heavy atom. The fourth-order valence-corrected chi connectivity index (χ4v) is 1.83. The van der Waals surface area contributed by atoms with Gasteiger partial charge in [0.25, 0.3) is 11.6 Å². The van der Waals surface area contributed by atoms with Gasteiger partial charge in [0.2, 0.25) is 0 Å². The first-order valence-electron chi connectivity index (χ1n) is 6.44. The summed E-state index contributed by atoms with van der Waals surface area (Å²) in [6, 6.07) is 7.59. The number of hydrogen-bond acceptors (Lipinski definition) is 7. The van der Waals surface area contributed by atoms with Gasteiger partial charge in [-0.3, -0.25) is 25.8 Å². The molecule has 0 aliphatic carbocycles. The fourth-order valence-electron chi connectivity index (χ4n) is 1.83. The number of nitro groups is 1. The number of benzene rings is 1. The zero-order valence-corrected chi connectivity index (χ0v) is 12.4. The van der Waals surface area contributed by atoms with E-state index in [0.29, 0.717) is 11.5 Å². The SMILES string of the molecule is COc1cccc(OC)c1C(=O)NNc1ccc([N+](=O)[O-])cn1. The maximum absolute atomic E-state index is 12.3. The summed E-state index contributed by atoms with van der Waals surface area (Å²) in [6.45, 7) is 0. The highest BCUT2D eigenvalue weighted by Crippen LogP contribution is 2.27. The quantitative estimate of drug-likeness (QED) is 0.616. The molecule has 2 aromatic rings. The second kappa shape index (κ2) is 7.07. The van der Waals surface area contributed by atoms with E-state index in [4.69, 9.17) is 9.47 Å². The smallest absolute Gasteiger partial charge is 0.287 e. The second-order valence-electron chi connectivity index (χ2n) is 4.28. The third-order valence-corrected chi connectivity index (χ3v) is 2.92. The number of nitrogens with zero attached hydrogens (tertiary/aromatic N) is 2. The van der Waals surface area contributed by atoms with Gasteiger partial charge in [0.1, 0.15) is 29.1 Å². The maximum atomic E-state index is 12.3. The van der Waals surface area contributed by atoms with E-state index in [2.05, 4.69) is 15.8 Å². The van der Waals surface area contributed by atoms with Crippen LogP contribution in [0.15, 0.2) is 36.5 Å². The number of carbonyl (C=O) groups is 1. The standard InChI is InChI=1S/C14H14N4O5/c1-22-10-4-3-5-11(23-2)13(10)14(19)17-16-12-7-6-9(8-15-12)18(20)21/h3-8H,1-2H3,(H,15,16)(H,17,19). The number of rotatable bonds is 6. The summed E-state index contributed by atoms with van der Waals surface area (Å²) in [4.78, 5) is 26.1. The van der Waals surface area contributed by atoms with Gasteiger partial charge in [-0.05, 0) is 18.2 Å². The molecule has 120 valence electrons. The summed E-state index contributed by atoms with van der Waals surface area (Å²) < 4.78 is 10.3. The molecule has 1 amide bonds. The molecule has 2 rings (SSSR count). The summed E-state index contributed by atoms with van der Waals surface area (Å²) in [6.07, 6.45) is 1.08. The van der Waals surface area contributed by atoms with E-state index in [0.717, 1.165) is 6.20 Å². The molecule has 1 heterocycles. The third-order valence-electron chi connectivity index (χ3n) is 2.92. The van der Waals surface area contributed by atoms with Gasteiger partial charge in [0.15, 0.2) is 0 Å². The number of aromatic nitrogens is 1. The molecule has 9 heteroatoms. The molecule has 0 saturated carbocycles. The molecule has 0 aliphatic rings. The number of hydrogen-bond donors (Lipinski definition) is 2. The normalized spacial score (nSPS) is 9.83. The highest BCUT2D eigenvalue weighted by Gasteiger charge is 2.18. The van der Waals surface area contributed by atoms with Crippen molar-refractivity contribution in [3.8, 4) is 11.5 Å². The van der Waals surface area contributed by atoms with Crippen LogP contribution in [0, 0.1) is 10.1 Å². The predicted molar refractivity (Wildman–Crippen MR) is 81.5 cm³/mol. The lowest BCUT2D eigenvalue weighted by Crippen LogP contribution is -2.30. The van der Waals surface area contributed by atoms with Crippen molar-refractivity contribution in [2.75, 3.05) is 19.6 Å². The van der Waals surface area contributed by atoms with Crippen LogP contribution in [-0.4, -0.2) is 30.0 Å².